The maximum Gasteiger partial charge on any atom is 0.338 e. The van der Waals surface area contributed by atoms with Crippen LogP contribution in [0.3, 0.4) is 0 Å². The zero-order valence-corrected chi connectivity index (χ0v) is 46.0. The molecule has 0 unspecified atom stereocenters. The van der Waals surface area contributed by atoms with Gasteiger partial charge < -0.3 is 25.2 Å². The van der Waals surface area contributed by atoms with E-state index in [1.165, 1.54) is 32.0 Å². The number of carboxylic acid groups (broad SMARTS) is 2. The summed E-state index contributed by atoms with van der Waals surface area (Å²) < 4.78 is 178. The first-order valence-corrected chi connectivity index (χ1v) is 29.6. The summed E-state index contributed by atoms with van der Waals surface area (Å²) in [4.78, 5) is 32.8. The summed E-state index contributed by atoms with van der Waals surface area (Å²) in [7, 11) is -24.5. The first-order valence-electron chi connectivity index (χ1n) is 22.4. The molecule has 0 saturated heterocycles. The summed E-state index contributed by atoms with van der Waals surface area (Å²) in [6.07, 6.45) is 0. The van der Waals surface area contributed by atoms with Crippen molar-refractivity contribution < 1.29 is 99.6 Å². The van der Waals surface area contributed by atoms with Gasteiger partial charge in [-0.05, 0) is 115 Å². The number of azo groups is 4. The number of hydrogen-bond acceptors (Lipinski definition) is 24. The molecule has 0 atom stereocenters. The highest BCUT2D eigenvalue weighted by molar-refractivity contribution is 7.87. The Kier molecular flexibility index (Phi) is 15.8. The molecule has 33 nitrogen and oxygen atoms in total. The minimum atomic E-state index is -5.37. The second-order valence-corrected chi connectivity index (χ2v) is 24.3. The molecule has 10 N–H and O–H groups in total. The number of aryl methyl sites for hydroxylation is 2. The third-order valence-electron chi connectivity index (χ3n) is 11.8. The fraction of sp³-hybridized carbons (Fsp3) is 0.0652. The largest absolute Gasteiger partial charge is 0.505 e. The van der Waals surface area contributed by atoms with Crippen LogP contribution in [-0.4, -0.2) is 114 Å². The molecule has 0 bridgehead atoms. The number of fused-ring (bicyclic) bond motifs is 2. The number of rotatable bonds is 17. The Balaban J connectivity index is 1.16. The zero-order valence-electron chi connectivity index (χ0n) is 42.0. The van der Waals surface area contributed by atoms with Gasteiger partial charge in [0.15, 0.2) is 17.2 Å². The summed E-state index contributed by atoms with van der Waals surface area (Å²) >= 11 is 0. The Hall–Kier alpha value is -9.64. The SMILES string of the molecule is COc1cc(N=Nc2ccc(S(=O)(=O)O)cc2C(=O)O)c(C)cc1N=Nc1c(S(=O)(=O)O)cc2cc(S(=O)(=O)O)c(N=Nc3c(C)[nH]n(-c4ccc5c(O)c(N=Nc6ccc(S(=O)(=O)O)cc6C(=O)O)c(S(=O)(=O)O)cc5c4)c3=O)cc2c1O. The smallest absolute Gasteiger partial charge is 0.338 e. The standard InChI is InChI=1S/C46H34N10O23S5/c1-19-10-33(35(79-3)18-32(19)49-47-30-8-5-24(80(64,65)66)15-28(30)45(60)61)50-54-41-38(84(76,77)78)14-22-12-36(82(70,71)72)34(17-27(22)43(41)58)51-52-39-20(2)55-56(44(39)59)23-4-7-26-21(11-23)13-37(83(73,74)75)40(42(26)57)53-48-31-9-6-25(81(67,68)69)16-29(31)46(62)63/h4-18,55,57-58H,1-3H3,(H,60,61)(H,62,63)(H,64,65,66)(H,67,68,69)(H,70,71,72)(H,73,74,75)(H,76,77,78). The van der Waals surface area contributed by atoms with Crippen LogP contribution in [0.1, 0.15) is 32.0 Å². The highest BCUT2D eigenvalue weighted by atomic mass is 32.2. The van der Waals surface area contributed by atoms with Gasteiger partial charge in [-0.25, -0.2) is 14.3 Å². The fourth-order valence-electron chi connectivity index (χ4n) is 7.85. The Morgan fingerprint density at radius 1 is 0.476 bits per heavy atom. The van der Waals surface area contributed by atoms with Gasteiger partial charge in [0.1, 0.15) is 54.6 Å². The molecule has 0 amide bonds. The molecule has 0 radical (unpaired) electrons. The number of aromatic nitrogens is 2. The number of ether oxygens (including phenoxy) is 1. The van der Waals surface area contributed by atoms with Crippen molar-refractivity contribution in [3.05, 3.63) is 124 Å². The van der Waals surface area contributed by atoms with Crippen LogP contribution >= 0.6 is 0 Å². The number of benzene rings is 7. The zero-order chi connectivity index (χ0) is 61.9. The van der Waals surface area contributed by atoms with Gasteiger partial charge >= 0.3 is 11.9 Å². The Labute approximate surface area is 469 Å². The third-order valence-corrected chi connectivity index (χ3v) is 16.1. The summed E-state index contributed by atoms with van der Waals surface area (Å²) in [5.74, 6) is -5.57. The van der Waals surface area contributed by atoms with Crippen LogP contribution in [0.2, 0.25) is 0 Å². The Morgan fingerprint density at radius 2 is 0.917 bits per heavy atom. The molecule has 0 aliphatic carbocycles. The van der Waals surface area contributed by atoms with Crippen molar-refractivity contribution in [1.82, 2.24) is 9.78 Å². The molecule has 1 heterocycles. The van der Waals surface area contributed by atoms with E-state index < -0.39 is 154 Å². The van der Waals surface area contributed by atoms with Gasteiger partial charge in [-0.2, -0.15) is 47.2 Å². The number of nitrogens with zero attached hydrogens (tertiary/aromatic N) is 9. The fourth-order valence-corrected chi connectivity index (χ4v) is 10.8. The van der Waals surface area contributed by atoms with Crippen molar-refractivity contribution in [3.8, 4) is 22.9 Å². The summed E-state index contributed by atoms with van der Waals surface area (Å²) in [6.45, 7) is 2.75. The highest BCUT2D eigenvalue weighted by Gasteiger charge is 2.28. The van der Waals surface area contributed by atoms with E-state index in [1.54, 1.807) is 0 Å². The molecular formula is C46H34N10O23S5. The molecule has 0 saturated carbocycles. The predicted octanol–water partition coefficient (Wildman–Crippen LogP) is 8.80. The molecule has 8 aromatic rings. The van der Waals surface area contributed by atoms with Crippen LogP contribution in [0.5, 0.6) is 17.2 Å². The van der Waals surface area contributed by atoms with Gasteiger partial charge in [0, 0.05) is 16.8 Å². The first kappa shape index (κ1) is 60.5. The number of nitrogens with one attached hydrogen (secondary N) is 1. The average molecular weight is 1260 g/mol. The van der Waals surface area contributed by atoms with E-state index in [9.17, 15) is 99.7 Å². The van der Waals surface area contributed by atoms with Crippen molar-refractivity contribution in [2.24, 2.45) is 40.9 Å². The minimum Gasteiger partial charge on any atom is -0.505 e. The molecule has 84 heavy (non-hydrogen) atoms. The van der Waals surface area contributed by atoms with E-state index >= 15 is 0 Å². The van der Waals surface area contributed by atoms with Crippen LogP contribution in [0.4, 0.5) is 45.5 Å². The number of aromatic amines is 1. The number of phenolic OH excluding ortho intramolecular Hbond substituents is 2. The number of aromatic carboxylic acids is 2. The van der Waals surface area contributed by atoms with Crippen LogP contribution < -0.4 is 10.3 Å². The molecule has 7 aromatic carbocycles. The van der Waals surface area contributed by atoms with E-state index in [4.69, 9.17) is 4.74 Å². The van der Waals surface area contributed by atoms with Crippen molar-refractivity contribution in [2.75, 3.05) is 7.11 Å². The van der Waals surface area contributed by atoms with Crippen molar-refractivity contribution in [2.45, 2.75) is 38.3 Å². The van der Waals surface area contributed by atoms with Crippen LogP contribution in [-0.2, 0) is 50.6 Å². The monoisotopic (exact) mass is 1250 g/mol. The van der Waals surface area contributed by atoms with Crippen LogP contribution in [0, 0.1) is 13.8 Å². The van der Waals surface area contributed by atoms with Crippen molar-refractivity contribution in [3.63, 3.8) is 0 Å². The van der Waals surface area contributed by atoms with E-state index in [1.807, 2.05) is 0 Å². The third kappa shape index (κ3) is 12.3. The Morgan fingerprint density at radius 3 is 1.40 bits per heavy atom. The second-order valence-electron chi connectivity index (χ2n) is 17.3. The molecule has 8 rings (SSSR count). The number of H-pyrrole nitrogens is 1. The lowest BCUT2D eigenvalue weighted by Crippen LogP contribution is -2.14. The normalized spacial score (nSPS) is 12.9. The van der Waals surface area contributed by atoms with E-state index in [0.29, 0.717) is 24.3 Å². The molecule has 436 valence electrons. The van der Waals surface area contributed by atoms with Gasteiger partial charge in [-0.1, -0.05) is 0 Å². The van der Waals surface area contributed by atoms with E-state index in [-0.39, 0.29) is 50.5 Å². The molecule has 0 spiro atoms. The minimum absolute atomic E-state index is 0.0126. The number of aromatic hydroxyl groups is 2. The molecular weight excluding hydrogens is 1220 g/mol. The lowest BCUT2D eigenvalue weighted by atomic mass is 10.1. The van der Waals surface area contributed by atoms with Crippen molar-refractivity contribution in [1.29, 1.82) is 0 Å². The Bertz CT molecular complexity index is 5000. The van der Waals surface area contributed by atoms with Gasteiger partial charge in [-0.15, -0.1) is 35.8 Å². The van der Waals surface area contributed by atoms with Gasteiger partial charge in [0.2, 0.25) is 0 Å². The number of hydrogen-bond donors (Lipinski definition) is 10. The second kappa shape index (κ2) is 21.9. The van der Waals surface area contributed by atoms with Crippen molar-refractivity contribution >= 4 is 130 Å². The van der Waals surface area contributed by atoms with E-state index in [0.717, 1.165) is 60.3 Å². The molecule has 38 heteroatoms. The van der Waals surface area contributed by atoms with Gasteiger partial charge in [-0.3, -0.25) is 32.7 Å². The highest BCUT2D eigenvalue weighted by Crippen LogP contribution is 2.46. The summed E-state index contributed by atoms with van der Waals surface area (Å²) in [6, 6.07) is 13.4. The molecule has 0 aliphatic rings. The average Bonchev–Trinajstić information content (AvgIpc) is 1.22. The maximum atomic E-state index is 13.9. The van der Waals surface area contributed by atoms with Gasteiger partial charge in [0.05, 0.1) is 45.1 Å². The topological polar surface area (TPSA) is 533 Å². The summed E-state index contributed by atoms with van der Waals surface area (Å²) in [5, 5.41) is 74.1. The molecule has 1 aromatic heterocycles. The number of carboxylic acids is 2. The lowest BCUT2D eigenvalue weighted by Gasteiger charge is -2.11. The number of methoxy groups -OCH3 is 1. The molecule has 0 fully saturated rings. The maximum absolute atomic E-state index is 13.9. The van der Waals surface area contributed by atoms with Crippen LogP contribution in [0.15, 0.2) is 161 Å². The summed E-state index contributed by atoms with van der Waals surface area (Å²) in [5.41, 5.74) is -6.79. The van der Waals surface area contributed by atoms with Gasteiger partial charge in [0.25, 0.3) is 56.1 Å². The predicted molar refractivity (Wildman–Crippen MR) is 286 cm³/mol. The number of phenols is 2. The van der Waals surface area contributed by atoms with E-state index in [2.05, 4.69) is 46.0 Å². The van der Waals surface area contributed by atoms with Crippen LogP contribution in [0.25, 0.3) is 27.2 Å². The quantitative estimate of drug-likeness (QED) is 0.0300. The molecule has 0 aliphatic heterocycles. The lowest BCUT2D eigenvalue weighted by molar-refractivity contribution is 0.0686. The first-order chi connectivity index (χ1) is 39.0. The number of carbonyl (C=O) groups is 2.